The van der Waals surface area contributed by atoms with E-state index in [4.69, 9.17) is 0 Å². The fourth-order valence-corrected chi connectivity index (χ4v) is 4.30. The summed E-state index contributed by atoms with van der Waals surface area (Å²) in [6.07, 6.45) is 2.23. The summed E-state index contributed by atoms with van der Waals surface area (Å²) >= 11 is 0. The zero-order valence-electron chi connectivity index (χ0n) is 18.1. The van der Waals surface area contributed by atoms with E-state index in [1.165, 1.54) is 5.56 Å². The molecule has 0 bridgehead atoms. The highest BCUT2D eigenvalue weighted by atomic mass is 16.2. The molecule has 2 amide bonds. The first-order valence-corrected chi connectivity index (χ1v) is 10.8. The van der Waals surface area contributed by atoms with Gasteiger partial charge in [-0.3, -0.25) is 9.59 Å². The average molecular weight is 408 g/mol. The van der Waals surface area contributed by atoms with E-state index in [1.54, 1.807) is 6.92 Å². The molecule has 0 spiro atoms. The number of nitrogens with one attached hydrogen (secondary N) is 1. The van der Waals surface area contributed by atoms with E-state index >= 15 is 0 Å². The first kappa shape index (κ1) is 22.0. The number of piperidine rings is 1. The van der Waals surface area contributed by atoms with Crippen molar-refractivity contribution in [2.75, 3.05) is 33.2 Å². The number of hydrogen-bond acceptors (Lipinski definition) is 3. The number of nitrogens with zero attached hydrogens (tertiary/aromatic N) is 2. The minimum atomic E-state index is -0.552. The molecule has 1 N–H and O–H groups in total. The lowest BCUT2D eigenvalue weighted by Crippen LogP contribution is -2.52. The summed E-state index contributed by atoms with van der Waals surface area (Å²) in [6, 6.07) is 20.4. The van der Waals surface area contributed by atoms with Crippen molar-refractivity contribution in [1.29, 1.82) is 0 Å². The summed E-state index contributed by atoms with van der Waals surface area (Å²) in [4.78, 5) is 29.2. The number of amides is 2. The Morgan fingerprint density at radius 1 is 1.00 bits per heavy atom. The molecule has 1 heterocycles. The van der Waals surface area contributed by atoms with Crippen LogP contribution in [0.25, 0.3) is 0 Å². The molecule has 1 saturated heterocycles. The summed E-state index contributed by atoms with van der Waals surface area (Å²) in [6.45, 7) is 5.33. The van der Waals surface area contributed by atoms with Crippen LogP contribution >= 0.6 is 0 Å². The van der Waals surface area contributed by atoms with Crippen LogP contribution in [-0.2, 0) is 21.5 Å². The van der Waals surface area contributed by atoms with E-state index in [0.29, 0.717) is 32.5 Å². The Labute approximate surface area is 180 Å². The number of benzene rings is 2. The zero-order valence-corrected chi connectivity index (χ0v) is 18.1. The third kappa shape index (κ3) is 5.48. The fourth-order valence-electron chi connectivity index (χ4n) is 4.30. The molecule has 1 fully saturated rings. The Kier molecular flexibility index (Phi) is 7.63. The molecule has 5 nitrogen and oxygen atoms in total. The molecular formula is C25H33N3O2. The van der Waals surface area contributed by atoms with Gasteiger partial charge < -0.3 is 15.1 Å². The lowest BCUT2D eigenvalue weighted by molar-refractivity contribution is -0.135. The van der Waals surface area contributed by atoms with Gasteiger partial charge in [0.1, 0.15) is 0 Å². The van der Waals surface area contributed by atoms with Crippen molar-refractivity contribution >= 4 is 11.8 Å². The maximum atomic E-state index is 13.3. The maximum absolute atomic E-state index is 13.3. The molecule has 5 heteroatoms. The van der Waals surface area contributed by atoms with Crippen molar-refractivity contribution in [2.45, 2.75) is 38.1 Å². The predicted octanol–water partition coefficient (Wildman–Crippen LogP) is 3.21. The van der Waals surface area contributed by atoms with Crippen molar-refractivity contribution in [3.8, 4) is 0 Å². The Morgan fingerprint density at radius 2 is 1.60 bits per heavy atom. The van der Waals surface area contributed by atoms with Crippen molar-refractivity contribution in [3.63, 3.8) is 0 Å². The number of likely N-dealkylation sites (tertiary alicyclic amines) is 1. The normalized spacial score (nSPS) is 15.8. The molecule has 0 aromatic heterocycles. The first-order chi connectivity index (χ1) is 14.5. The van der Waals surface area contributed by atoms with E-state index in [0.717, 1.165) is 25.1 Å². The van der Waals surface area contributed by atoms with E-state index in [2.05, 4.69) is 41.5 Å². The van der Waals surface area contributed by atoms with Gasteiger partial charge in [0.25, 0.3) is 0 Å². The van der Waals surface area contributed by atoms with Gasteiger partial charge in [0.05, 0.1) is 5.41 Å². The second-order valence-corrected chi connectivity index (χ2v) is 8.29. The summed E-state index contributed by atoms with van der Waals surface area (Å²) in [7, 11) is 2.11. The van der Waals surface area contributed by atoms with Crippen molar-refractivity contribution in [2.24, 2.45) is 0 Å². The molecule has 1 aliphatic heterocycles. The molecule has 0 atom stereocenters. The van der Waals surface area contributed by atoms with Crippen LogP contribution in [0.2, 0.25) is 0 Å². The third-order valence-corrected chi connectivity index (χ3v) is 6.12. The van der Waals surface area contributed by atoms with E-state index in [9.17, 15) is 9.59 Å². The van der Waals surface area contributed by atoms with Gasteiger partial charge in [0.2, 0.25) is 11.8 Å². The highest BCUT2D eigenvalue weighted by molar-refractivity contribution is 5.88. The van der Waals surface area contributed by atoms with Gasteiger partial charge >= 0.3 is 0 Å². The van der Waals surface area contributed by atoms with Crippen molar-refractivity contribution in [1.82, 2.24) is 15.1 Å². The van der Waals surface area contributed by atoms with Crippen LogP contribution in [-0.4, -0.2) is 54.8 Å². The van der Waals surface area contributed by atoms with E-state index in [1.807, 2.05) is 41.3 Å². The molecule has 2 aromatic carbocycles. The molecule has 3 rings (SSSR count). The second-order valence-electron chi connectivity index (χ2n) is 8.29. The third-order valence-electron chi connectivity index (χ3n) is 6.12. The second kappa shape index (κ2) is 10.4. The van der Waals surface area contributed by atoms with Crippen LogP contribution in [0.3, 0.4) is 0 Å². The van der Waals surface area contributed by atoms with Crippen LogP contribution < -0.4 is 5.32 Å². The molecule has 0 unspecified atom stereocenters. The Bertz CT molecular complexity index is 815. The molecule has 0 aliphatic carbocycles. The summed E-state index contributed by atoms with van der Waals surface area (Å²) in [5.41, 5.74) is 1.79. The standard InChI is InChI=1S/C25H33N3O2/c1-21(29)28-18-14-25(15-19-28,23-12-7-4-8-13-23)24(30)26-16-9-17-27(2)20-22-10-5-3-6-11-22/h3-8,10-13H,9,14-20H2,1-2H3,(H,26,30). The van der Waals surface area contributed by atoms with Gasteiger partial charge in [0, 0.05) is 33.1 Å². The number of hydrogen-bond donors (Lipinski definition) is 1. The maximum Gasteiger partial charge on any atom is 0.230 e. The SMILES string of the molecule is CC(=O)N1CCC(C(=O)NCCCN(C)Cc2ccccc2)(c2ccccc2)CC1. The van der Waals surface area contributed by atoms with Gasteiger partial charge in [-0.05, 0) is 44.0 Å². The lowest BCUT2D eigenvalue weighted by atomic mass is 9.72. The Morgan fingerprint density at radius 3 is 2.20 bits per heavy atom. The number of rotatable bonds is 8. The minimum Gasteiger partial charge on any atom is -0.355 e. The molecule has 2 aromatic rings. The van der Waals surface area contributed by atoms with Gasteiger partial charge in [0.15, 0.2) is 0 Å². The van der Waals surface area contributed by atoms with Crippen LogP contribution in [0, 0.1) is 0 Å². The molecule has 0 radical (unpaired) electrons. The number of carbonyl (C=O) groups excluding carboxylic acids is 2. The van der Waals surface area contributed by atoms with E-state index < -0.39 is 5.41 Å². The van der Waals surface area contributed by atoms with E-state index in [-0.39, 0.29) is 11.8 Å². The highest BCUT2D eigenvalue weighted by Crippen LogP contribution is 2.36. The lowest BCUT2D eigenvalue weighted by Gasteiger charge is -2.40. The summed E-state index contributed by atoms with van der Waals surface area (Å²) < 4.78 is 0. The highest BCUT2D eigenvalue weighted by Gasteiger charge is 2.43. The molecule has 1 aliphatic rings. The van der Waals surface area contributed by atoms with Crippen molar-refractivity contribution < 1.29 is 9.59 Å². The topological polar surface area (TPSA) is 52.7 Å². The van der Waals surface area contributed by atoms with Crippen LogP contribution in [0.4, 0.5) is 0 Å². The fraction of sp³-hybridized carbons (Fsp3) is 0.440. The quantitative estimate of drug-likeness (QED) is 0.684. The predicted molar refractivity (Wildman–Crippen MR) is 120 cm³/mol. The molecule has 160 valence electrons. The number of carbonyl (C=O) groups is 2. The summed E-state index contributed by atoms with van der Waals surface area (Å²) in [5, 5.41) is 3.19. The van der Waals surface area contributed by atoms with Gasteiger partial charge in [-0.15, -0.1) is 0 Å². The van der Waals surface area contributed by atoms with Gasteiger partial charge in [-0.25, -0.2) is 0 Å². The van der Waals surface area contributed by atoms with Crippen LogP contribution in [0.5, 0.6) is 0 Å². The average Bonchev–Trinajstić information content (AvgIpc) is 2.78. The monoisotopic (exact) mass is 407 g/mol. The molecule has 0 saturated carbocycles. The van der Waals surface area contributed by atoms with Crippen LogP contribution in [0.1, 0.15) is 37.3 Å². The van der Waals surface area contributed by atoms with Crippen LogP contribution in [0.15, 0.2) is 60.7 Å². The molecular weight excluding hydrogens is 374 g/mol. The summed E-state index contributed by atoms with van der Waals surface area (Å²) in [5.74, 6) is 0.168. The first-order valence-electron chi connectivity index (χ1n) is 10.8. The Hall–Kier alpha value is -2.66. The van der Waals surface area contributed by atoms with Crippen molar-refractivity contribution in [3.05, 3.63) is 71.8 Å². The smallest absolute Gasteiger partial charge is 0.230 e. The zero-order chi connectivity index (χ0) is 21.4. The minimum absolute atomic E-state index is 0.0820. The molecule has 30 heavy (non-hydrogen) atoms. The Balaban J connectivity index is 1.55. The van der Waals surface area contributed by atoms with Gasteiger partial charge in [-0.1, -0.05) is 60.7 Å². The van der Waals surface area contributed by atoms with Gasteiger partial charge in [-0.2, -0.15) is 0 Å². The largest absolute Gasteiger partial charge is 0.355 e.